The van der Waals surface area contributed by atoms with Gasteiger partial charge in [-0.05, 0) is 58.9 Å². The Labute approximate surface area is 171 Å². The molecule has 0 radical (unpaired) electrons. The van der Waals surface area contributed by atoms with Gasteiger partial charge in [-0.1, -0.05) is 29.8 Å². The number of halogens is 1. The summed E-state index contributed by atoms with van der Waals surface area (Å²) in [4.78, 5) is 26.1. The zero-order valence-electron chi connectivity index (χ0n) is 15.2. The van der Waals surface area contributed by atoms with Crippen LogP contribution >= 0.6 is 22.6 Å². The number of benzene rings is 2. The van der Waals surface area contributed by atoms with Gasteiger partial charge >= 0.3 is 6.03 Å². The Kier molecular flexibility index (Phi) is 5.69. The maximum atomic E-state index is 12.7. The molecule has 140 valence electrons. The van der Waals surface area contributed by atoms with Crippen molar-refractivity contribution in [3.8, 4) is 11.5 Å². The number of imide groups is 1. The van der Waals surface area contributed by atoms with Crippen LogP contribution in [0.5, 0.6) is 11.5 Å². The van der Waals surface area contributed by atoms with E-state index in [1.165, 1.54) is 4.90 Å². The maximum absolute atomic E-state index is 12.7. The number of ether oxygens (including phenoxy) is 2. The van der Waals surface area contributed by atoms with Crippen LogP contribution in [0.4, 0.5) is 4.79 Å². The molecule has 7 heteroatoms. The SMILES string of the molecule is COc1cc(/C=C2/NC(=O)N(Cc3ccc(C)cc3)C2=O)cc(I)c1OC. The summed E-state index contributed by atoms with van der Waals surface area (Å²) in [6.07, 6.45) is 1.64. The molecular weight excluding hydrogens is 459 g/mol. The summed E-state index contributed by atoms with van der Waals surface area (Å²) in [7, 11) is 3.12. The van der Waals surface area contributed by atoms with Crippen molar-refractivity contribution >= 4 is 40.6 Å². The average molecular weight is 478 g/mol. The number of carbonyl (C=O) groups is 2. The molecule has 27 heavy (non-hydrogen) atoms. The third-order valence-corrected chi connectivity index (χ3v) is 4.99. The molecule has 0 aromatic heterocycles. The fraction of sp³-hybridized carbons (Fsp3) is 0.200. The second kappa shape index (κ2) is 7.99. The van der Waals surface area contributed by atoms with Crippen LogP contribution < -0.4 is 14.8 Å². The van der Waals surface area contributed by atoms with Crippen molar-refractivity contribution < 1.29 is 19.1 Å². The number of aryl methyl sites for hydroxylation is 1. The lowest BCUT2D eigenvalue weighted by Crippen LogP contribution is -2.30. The molecule has 0 aliphatic carbocycles. The molecule has 0 saturated carbocycles. The molecule has 0 unspecified atom stereocenters. The third-order valence-electron chi connectivity index (χ3n) is 4.19. The molecule has 1 N–H and O–H groups in total. The molecule has 6 nitrogen and oxygen atoms in total. The molecule has 2 aromatic carbocycles. The number of amides is 3. The van der Waals surface area contributed by atoms with Crippen LogP contribution in [0.1, 0.15) is 16.7 Å². The Morgan fingerprint density at radius 2 is 1.81 bits per heavy atom. The van der Waals surface area contributed by atoms with E-state index in [2.05, 4.69) is 27.9 Å². The van der Waals surface area contributed by atoms with Crippen molar-refractivity contribution in [2.45, 2.75) is 13.5 Å². The van der Waals surface area contributed by atoms with E-state index in [1.54, 1.807) is 26.4 Å². The van der Waals surface area contributed by atoms with Gasteiger partial charge in [0.05, 0.1) is 24.3 Å². The predicted octanol–water partition coefficient (Wildman–Crippen LogP) is 3.71. The van der Waals surface area contributed by atoms with Crippen LogP contribution in [0.2, 0.25) is 0 Å². The zero-order valence-corrected chi connectivity index (χ0v) is 17.4. The maximum Gasteiger partial charge on any atom is 0.329 e. The number of nitrogens with one attached hydrogen (secondary N) is 1. The van der Waals surface area contributed by atoms with Crippen molar-refractivity contribution in [3.63, 3.8) is 0 Å². The first kappa shape index (κ1) is 19.2. The van der Waals surface area contributed by atoms with Gasteiger partial charge in [-0.25, -0.2) is 4.79 Å². The van der Waals surface area contributed by atoms with E-state index in [0.29, 0.717) is 11.5 Å². The number of hydrogen-bond acceptors (Lipinski definition) is 4. The molecule has 3 rings (SSSR count). The largest absolute Gasteiger partial charge is 0.493 e. The van der Waals surface area contributed by atoms with Gasteiger partial charge in [-0.15, -0.1) is 0 Å². The van der Waals surface area contributed by atoms with Crippen LogP contribution in [-0.4, -0.2) is 31.1 Å². The smallest absolute Gasteiger partial charge is 0.329 e. The van der Waals surface area contributed by atoms with E-state index in [-0.39, 0.29) is 18.1 Å². The first-order valence-electron chi connectivity index (χ1n) is 8.24. The van der Waals surface area contributed by atoms with Crippen LogP contribution in [-0.2, 0) is 11.3 Å². The minimum absolute atomic E-state index is 0.228. The number of methoxy groups -OCH3 is 2. The van der Waals surface area contributed by atoms with Gasteiger partial charge in [-0.2, -0.15) is 0 Å². The summed E-state index contributed by atoms with van der Waals surface area (Å²) in [5.41, 5.74) is 2.98. The Morgan fingerprint density at radius 1 is 1.11 bits per heavy atom. The van der Waals surface area contributed by atoms with Gasteiger partial charge in [0.2, 0.25) is 0 Å². The second-order valence-electron chi connectivity index (χ2n) is 6.10. The highest BCUT2D eigenvalue weighted by Crippen LogP contribution is 2.34. The molecule has 0 bridgehead atoms. The normalized spacial score (nSPS) is 15.3. The van der Waals surface area contributed by atoms with Crippen LogP contribution in [0.3, 0.4) is 0 Å². The number of nitrogens with zero attached hydrogens (tertiary/aromatic N) is 1. The molecule has 1 heterocycles. The molecule has 1 fully saturated rings. The Balaban J connectivity index is 1.86. The third kappa shape index (κ3) is 4.08. The second-order valence-corrected chi connectivity index (χ2v) is 7.27. The van der Waals surface area contributed by atoms with Gasteiger partial charge in [0.25, 0.3) is 5.91 Å². The summed E-state index contributed by atoms with van der Waals surface area (Å²) in [5.74, 6) is 0.831. The monoisotopic (exact) mass is 478 g/mol. The molecule has 1 aliphatic rings. The molecule has 0 atom stereocenters. The highest BCUT2D eigenvalue weighted by Gasteiger charge is 2.33. The molecule has 2 aromatic rings. The van der Waals surface area contributed by atoms with E-state index >= 15 is 0 Å². The summed E-state index contributed by atoms with van der Waals surface area (Å²) in [5, 5.41) is 2.64. The molecule has 1 aliphatic heterocycles. The fourth-order valence-electron chi connectivity index (χ4n) is 2.78. The van der Waals surface area contributed by atoms with Gasteiger partial charge in [0.1, 0.15) is 5.70 Å². The Morgan fingerprint density at radius 3 is 2.44 bits per heavy atom. The van der Waals surface area contributed by atoms with Crippen LogP contribution in [0.15, 0.2) is 42.1 Å². The lowest BCUT2D eigenvalue weighted by molar-refractivity contribution is -0.123. The highest BCUT2D eigenvalue weighted by molar-refractivity contribution is 14.1. The van der Waals surface area contributed by atoms with Crippen molar-refractivity contribution in [3.05, 3.63) is 62.4 Å². The van der Waals surface area contributed by atoms with Crippen molar-refractivity contribution in [2.75, 3.05) is 14.2 Å². The van der Waals surface area contributed by atoms with Crippen LogP contribution in [0, 0.1) is 10.5 Å². The number of urea groups is 1. The molecular formula is C20H19IN2O4. The lowest BCUT2D eigenvalue weighted by atomic mass is 10.1. The number of hydrogen-bond donors (Lipinski definition) is 1. The minimum Gasteiger partial charge on any atom is -0.493 e. The van der Waals surface area contributed by atoms with Gasteiger partial charge < -0.3 is 14.8 Å². The van der Waals surface area contributed by atoms with Crippen LogP contribution in [0.25, 0.3) is 6.08 Å². The first-order valence-corrected chi connectivity index (χ1v) is 9.32. The molecule has 3 amide bonds. The van der Waals surface area contributed by atoms with E-state index in [0.717, 1.165) is 20.3 Å². The van der Waals surface area contributed by atoms with E-state index in [9.17, 15) is 9.59 Å². The topological polar surface area (TPSA) is 67.9 Å². The number of rotatable bonds is 5. The van der Waals surface area contributed by atoms with E-state index in [4.69, 9.17) is 9.47 Å². The molecule has 0 spiro atoms. The Hall–Kier alpha value is -2.55. The summed E-state index contributed by atoms with van der Waals surface area (Å²) < 4.78 is 11.5. The number of carbonyl (C=O) groups excluding carboxylic acids is 2. The highest BCUT2D eigenvalue weighted by atomic mass is 127. The zero-order chi connectivity index (χ0) is 19.6. The predicted molar refractivity (Wildman–Crippen MR) is 111 cm³/mol. The van der Waals surface area contributed by atoms with Crippen molar-refractivity contribution in [1.82, 2.24) is 10.2 Å². The Bertz CT molecular complexity index is 922. The quantitative estimate of drug-likeness (QED) is 0.405. The van der Waals surface area contributed by atoms with Gasteiger partial charge in [0, 0.05) is 0 Å². The van der Waals surface area contributed by atoms with Gasteiger partial charge in [0.15, 0.2) is 11.5 Å². The van der Waals surface area contributed by atoms with E-state index in [1.807, 2.05) is 37.3 Å². The van der Waals surface area contributed by atoms with Crippen molar-refractivity contribution in [1.29, 1.82) is 0 Å². The van der Waals surface area contributed by atoms with Crippen molar-refractivity contribution in [2.24, 2.45) is 0 Å². The first-order chi connectivity index (χ1) is 12.9. The van der Waals surface area contributed by atoms with Gasteiger partial charge in [-0.3, -0.25) is 9.69 Å². The summed E-state index contributed by atoms with van der Waals surface area (Å²) in [6.45, 7) is 2.22. The fourth-order valence-corrected chi connectivity index (χ4v) is 3.62. The summed E-state index contributed by atoms with van der Waals surface area (Å²) >= 11 is 2.14. The summed E-state index contributed by atoms with van der Waals surface area (Å²) in [6, 6.07) is 10.9. The standard InChI is InChI=1S/C20H19IN2O4/c1-12-4-6-13(7-5-12)11-23-19(24)16(22-20(23)25)9-14-8-15(21)18(27-3)17(10-14)26-2/h4-10H,11H2,1-3H3,(H,22,25)/b16-9+. The minimum atomic E-state index is -0.429. The molecule has 1 saturated heterocycles. The van der Waals surface area contributed by atoms with E-state index < -0.39 is 6.03 Å². The average Bonchev–Trinajstić information content (AvgIpc) is 2.90. The lowest BCUT2D eigenvalue weighted by Gasteiger charge is -2.12.